The summed E-state index contributed by atoms with van der Waals surface area (Å²) in [6.45, 7) is 0.438. The molecule has 0 amide bonds. The summed E-state index contributed by atoms with van der Waals surface area (Å²) in [5.74, 6) is 0.0609. The van der Waals surface area contributed by atoms with Gasteiger partial charge < -0.3 is 10.5 Å². The number of rotatable bonds is 6. The first-order valence-electron chi connectivity index (χ1n) is 5.48. The molecule has 0 aromatic heterocycles. The fourth-order valence-corrected chi connectivity index (χ4v) is 2.45. The standard InChI is InChI=1S/C10H19NO4S/c1-16(13,14)6-2-3-9(12)10-5-4-8(7-11)15-10/h8,10H,2-7,11H2,1H3. The average molecular weight is 249 g/mol. The molecule has 2 unspecified atom stereocenters. The summed E-state index contributed by atoms with van der Waals surface area (Å²) in [6, 6.07) is 0. The predicted molar refractivity (Wildman–Crippen MR) is 60.9 cm³/mol. The van der Waals surface area contributed by atoms with Gasteiger partial charge in [0.15, 0.2) is 5.78 Å². The van der Waals surface area contributed by atoms with Crippen molar-refractivity contribution in [3.63, 3.8) is 0 Å². The number of sulfone groups is 1. The Hall–Kier alpha value is -0.460. The van der Waals surface area contributed by atoms with Gasteiger partial charge in [-0.1, -0.05) is 0 Å². The zero-order valence-corrected chi connectivity index (χ0v) is 10.3. The Labute approximate surface area is 96.3 Å². The van der Waals surface area contributed by atoms with Crippen LogP contribution < -0.4 is 5.73 Å². The van der Waals surface area contributed by atoms with Crippen molar-refractivity contribution < 1.29 is 17.9 Å². The summed E-state index contributed by atoms with van der Waals surface area (Å²) < 4.78 is 27.2. The Morgan fingerprint density at radius 2 is 2.12 bits per heavy atom. The van der Waals surface area contributed by atoms with E-state index in [-0.39, 0.29) is 30.2 Å². The molecule has 0 aliphatic carbocycles. The molecule has 0 saturated carbocycles. The predicted octanol–water partition coefficient (Wildman–Crippen LogP) is -0.113. The van der Waals surface area contributed by atoms with E-state index in [1.54, 1.807) is 0 Å². The molecule has 1 fully saturated rings. The molecule has 0 bridgehead atoms. The minimum absolute atomic E-state index is 0.000370. The molecule has 1 aliphatic heterocycles. The zero-order valence-electron chi connectivity index (χ0n) is 9.52. The summed E-state index contributed by atoms with van der Waals surface area (Å²) in [4.78, 5) is 11.6. The van der Waals surface area contributed by atoms with Gasteiger partial charge in [-0.15, -0.1) is 0 Å². The SMILES string of the molecule is CS(=O)(=O)CCCC(=O)C1CCC(CN)O1. The third kappa shape index (κ3) is 4.59. The molecular formula is C10H19NO4S. The molecule has 1 aliphatic rings. The molecule has 0 aromatic carbocycles. The molecular weight excluding hydrogens is 230 g/mol. The van der Waals surface area contributed by atoms with Gasteiger partial charge in [0, 0.05) is 19.2 Å². The van der Waals surface area contributed by atoms with E-state index in [0.717, 1.165) is 6.42 Å². The van der Waals surface area contributed by atoms with Crippen LogP contribution in [0.2, 0.25) is 0 Å². The highest BCUT2D eigenvalue weighted by Gasteiger charge is 2.29. The Morgan fingerprint density at radius 1 is 1.44 bits per heavy atom. The lowest BCUT2D eigenvalue weighted by Gasteiger charge is -2.10. The molecule has 2 atom stereocenters. The molecule has 16 heavy (non-hydrogen) atoms. The van der Waals surface area contributed by atoms with Crippen LogP contribution in [-0.4, -0.2) is 45.0 Å². The molecule has 1 saturated heterocycles. The fraction of sp³-hybridized carbons (Fsp3) is 0.900. The molecule has 0 aromatic rings. The van der Waals surface area contributed by atoms with E-state index in [4.69, 9.17) is 10.5 Å². The van der Waals surface area contributed by atoms with Crippen molar-refractivity contribution in [1.29, 1.82) is 0 Å². The van der Waals surface area contributed by atoms with Crippen molar-refractivity contribution in [3.8, 4) is 0 Å². The van der Waals surface area contributed by atoms with Crippen LogP contribution >= 0.6 is 0 Å². The van der Waals surface area contributed by atoms with Crippen LogP contribution in [0.5, 0.6) is 0 Å². The molecule has 0 radical (unpaired) electrons. The van der Waals surface area contributed by atoms with E-state index in [1.165, 1.54) is 6.26 Å². The minimum Gasteiger partial charge on any atom is -0.366 e. The van der Waals surface area contributed by atoms with Crippen LogP contribution in [0.25, 0.3) is 0 Å². The average Bonchev–Trinajstić information content (AvgIpc) is 2.63. The van der Waals surface area contributed by atoms with Crippen LogP contribution in [0.15, 0.2) is 0 Å². The van der Waals surface area contributed by atoms with Crippen molar-refractivity contribution in [2.24, 2.45) is 5.73 Å². The summed E-state index contributed by atoms with van der Waals surface area (Å²) in [7, 11) is -2.97. The second-order valence-corrected chi connectivity index (χ2v) is 6.52. The highest BCUT2D eigenvalue weighted by molar-refractivity contribution is 7.90. The van der Waals surface area contributed by atoms with Gasteiger partial charge in [0.2, 0.25) is 0 Å². The Bertz CT molecular complexity index is 339. The summed E-state index contributed by atoms with van der Waals surface area (Å²) in [5.41, 5.74) is 5.44. The van der Waals surface area contributed by atoms with Crippen molar-refractivity contribution >= 4 is 15.6 Å². The normalized spacial score (nSPS) is 25.9. The van der Waals surface area contributed by atoms with Crippen LogP contribution in [0.3, 0.4) is 0 Å². The Balaban J connectivity index is 2.26. The van der Waals surface area contributed by atoms with Crippen LogP contribution in [0, 0.1) is 0 Å². The summed E-state index contributed by atoms with van der Waals surface area (Å²) in [5, 5.41) is 0. The van der Waals surface area contributed by atoms with Gasteiger partial charge in [0.1, 0.15) is 15.9 Å². The molecule has 0 spiro atoms. The van der Waals surface area contributed by atoms with Crippen LogP contribution in [0.1, 0.15) is 25.7 Å². The highest BCUT2D eigenvalue weighted by Crippen LogP contribution is 2.20. The van der Waals surface area contributed by atoms with E-state index in [2.05, 4.69) is 0 Å². The van der Waals surface area contributed by atoms with Crippen molar-refractivity contribution in [2.75, 3.05) is 18.6 Å². The number of carbonyl (C=O) groups excluding carboxylic acids is 1. The summed E-state index contributed by atoms with van der Waals surface area (Å²) >= 11 is 0. The van der Waals surface area contributed by atoms with Gasteiger partial charge in [-0.3, -0.25) is 4.79 Å². The lowest BCUT2D eigenvalue weighted by molar-refractivity contribution is -0.129. The largest absolute Gasteiger partial charge is 0.366 e. The number of ether oxygens (including phenoxy) is 1. The maximum Gasteiger partial charge on any atom is 0.161 e. The van der Waals surface area contributed by atoms with E-state index < -0.39 is 9.84 Å². The lowest BCUT2D eigenvalue weighted by atomic mass is 10.1. The number of hydrogen-bond donors (Lipinski definition) is 1. The molecule has 1 heterocycles. The maximum absolute atomic E-state index is 11.6. The quantitative estimate of drug-likeness (QED) is 0.709. The molecule has 5 nitrogen and oxygen atoms in total. The minimum atomic E-state index is -2.97. The van der Waals surface area contributed by atoms with Crippen molar-refractivity contribution in [1.82, 2.24) is 0 Å². The van der Waals surface area contributed by atoms with Gasteiger partial charge in [0.25, 0.3) is 0 Å². The molecule has 2 N–H and O–H groups in total. The Morgan fingerprint density at radius 3 is 2.62 bits per heavy atom. The van der Waals surface area contributed by atoms with Crippen LogP contribution in [0.4, 0.5) is 0 Å². The number of carbonyl (C=O) groups is 1. The monoisotopic (exact) mass is 249 g/mol. The van der Waals surface area contributed by atoms with Gasteiger partial charge in [-0.25, -0.2) is 8.42 Å². The second-order valence-electron chi connectivity index (χ2n) is 4.26. The van der Waals surface area contributed by atoms with Crippen molar-refractivity contribution in [3.05, 3.63) is 0 Å². The molecule has 94 valence electrons. The van der Waals surface area contributed by atoms with Gasteiger partial charge in [-0.05, 0) is 19.3 Å². The third-order valence-electron chi connectivity index (χ3n) is 2.67. The molecule has 6 heteroatoms. The fourth-order valence-electron chi connectivity index (χ4n) is 1.79. The summed E-state index contributed by atoms with van der Waals surface area (Å²) in [6.07, 6.45) is 2.98. The number of hydrogen-bond acceptors (Lipinski definition) is 5. The van der Waals surface area contributed by atoms with E-state index in [9.17, 15) is 13.2 Å². The first kappa shape index (κ1) is 13.6. The number of nitrogens with two attached hydrogens (primary N) is 1. The van der Waals surface area contributed by atoms with Gasteiger partial charge in [-0.2, -0.15) is 0 Å². The Kier molecular flexibility index (Phi) is 4.89. The smallest absolute Gasteiger partial charge is 0.161 e. The zero-order chi connectivity index (χ0) is 12.2. The second kappa shape index (κ2) is 5.75. The lowest BCUT2D eigenvalue weighted by Crippen LogP contribution is -2.25. The maximum atomic E-state index is 11.6. The van der Waals surface area contributed by atoms with E-state index in [1.807, 2.05) is 0 Å². The van der Waals surface area contributed by atoms with Crippen LogP contribution in [-0.2, 0) is 19.4 Å². The van der Waals surface area contributed by atoms with E-state index in [0.29, 0.717) is 19.4 Å². The third-order valence-corrected chi connectivity index (χ3v) is 3.70. The number of ketones is 1. The van der Waals surface area contributed by atoms with Gasteiger partial charge in [0.05, 0.1) is 11.9 Å². The van der Waals surface area contributed by atoms with E-state index >= 15 is 0 Å². The highest BCUT2D eigenvalue weighted by atomic mass is 32.2. The topological polar surface area (TPSA) is 86.5 Å². The first-order valence-corrected chi connectivity index (χ1v) is 7.54. The van der Waals surface area contributed by atoms with Crippen molar-refractivity contribution in [2.45, 2.75) is 37.9 Å². The van der Waals surface area contributed by atoms with Gasteiger partial charge >= 0.3 is 0 Å². The molecule has 1 rings (SSSR count). The number of Topliss-reactive ketones (excluding diaryl/α,β-unsaturated/α-hetero) is 1. The first-order chi connectivity index (χ1) is 7.42.